The van der Waals surface area contributed by atoms with Crippen molar-refractivity contribution in [3.63, 3.8) is 0 Å². The van der Waals surface area contributed by atoms with Gasteiger partial charge in [-0.15, -0.1) is 0 Å². The SMILES string of the molecule is Cc1nn(C)c(C)c1S(=O)(=O)N(C)c1ncccc1F. The van der Waals surface area contributed by atoms with Crippen LogP contribution in [0.25, 0.3) is 0 Å². The second kappa shape index (κ2) is 4.86. The minimum absolute atomic E-state index is 0.0764. The zero-order valence-corrected chi connectivity index (χ0v) is 12.4. The number of hydrogen-bond donors (Lipinski definition) is 0. The molecule has 0 aromatic carbocycles. The number of aryl methyl sites for hydroxylation is 2. The predicted molar refractivity (Wildman–Crippen MR) is 72.5 cm³/mol. The van der Waals surface area contributed by atoms with Crippen molar-refractivity contribution in [2.24, 2.45) is 7.05 Å². The molecule has 2 aromatic rings. The molecular formula is C12H15FN4O2S. The Balaban J connectivity index is 2.59. The molecule has 0 bridgehead atoms. The van der Waals surface area contributed by atoms with Gasteiger partial charge >= 0.3 is 0 Å². The van der Waals surface area contributed by atoms with Crippen LogP contribution in [0.2, 0.25) is 0 Å². The summed E-state index contributed by atoms with van der Waals surface area (Å²) in [5, 5.41) is 4.07. The van der Waals surface area contributed by atoms with E-state index in [4.69, 9.17) is 0 Å². The van der Waals surface area contributed by atoms with E-state index in [2.05, 4.69) is 10.1 Å². The molecule has 0 atom stereocenters. The van der Waals surface area contributed by atoms with Crippen LogP contribution in [-0.4, -0.2) is 30.2 Å². The molecule has 20 heavy (non-hydrogen) atoms. The van der Waals surface area contributed by atoms with Gasteiger partial charge in [0.1, 0.15) is 4.90 Å². The molecule has 6 nitrogen and oxygen atoms in total. The first-order valence-electron chi connectivity index (χ1n) is 5.86. The predicted octanol–water partition coefficient (Wildman–Crippen LogP) is 1.40. The van der Waals surface area contributed by atoms with Crippen molar-refractivity contribution in [3.05, 3.63) is 35.5 Å². The summed E-state index contributed by atoms with van der Waals surface area (Å²) < 4.78 is 41.2. The molecule has 0 saturated carbocycles. The van der Waals surface area contributed by atoms with Crippen LogP contribution < -0.4 is 4.31 Å². The molecule has 0 fully saturated rings. The molecule has 8 heteroatoms. The van der Waals surface area contributed by atoms with Gasteiger partial charge in [-0.25, -0.2) is 17.8 Å². The van der Waals surface area contributed by atoms with Crippen LogP contribution in [0, 0.1) is 19.7 Å². The van der Waals surface area contributed by atoms with Gasteiger partial charge in [0.2, 0.25) is 0 Å². The molecule has 0 amide bonds. The Morgan fingerprint density at radius 1 is 1.35 bits per heavy atom. The standard InChI is InChI=1S/C12H15FN4O2S/c1-8-11(9(2)16(3)15-8)20(18,19)17(4)12-10(13)6-5-7-14-12/h5-7H,1-4H3. The van der Waals surface area contributed by atoms with E-state index in [0.29, 0.717) is 11.4 Å². The maximum Gasteiger partial charge on any atom is 0.268 e. The van der Waals surface area contributed by atoms with E-state index in [-0.39, 0.29) is 10.7 Å². The number of halogens is 1. The molecule has 0 saturated heterocycles. The van der Waals surface area contributed by atoms with Gasteiger partial charge < -0.3 is 0 Å². The minimum Gasteiger partial charge on any atom is -0.271 e. The summed E-state index contributed by atoms with van der Waals surface area (Å²) in [5.74, 6) is -0.937. The molecule has 0 aliphatic carbocycles. The number of rotatable bonds is 3. The minimum atomic E-state index is -3.91. The highest BCUT2D eigenvalue weighted by atomic mass is 32.2. The first-order valence-corrected chi connectivity index (χ1v) is 7.30. The normalized spacial score (nSPS) is 11.7. The van der Waals surface area contributed by atoms with Crippen molar-refractivity contribution in [1.82, 2.24) is 14.8 Å². The highest BCUT2D eigenvalue weighted by molar-refractivity contribution is 7.92. The largest absolute Gasteiger partial charge is 0.271 e. The second-order valence-corrected chi connectivity index (χ2v) is 6.31. The van der Waals surface area contributed by atoms with Gasteiger partial charge in [0.15, 0.2) is 11.6 Å². The topological polar surface area (TPSA) is 68.1 Å². The van der Waals surface area contributed by atoms with E-state index >= 15 is 0 Å². The Hall–Kier alpha value is -1.96. The van der Waals surface area contributed by atoms with E-state index < -0.39 is 15.8 Å². The average molecular weight is 298 g/mol. The molecule has 0 radical (unpaired) electrons. The lowest BCUT2D eigenvalue weighted by atomic mass is 10.4. The fourth-order valence-corrected chi connectivity index (χ4v) is 3.54. The molecule has 2 rings (SSSR count). The average Bonchev–Trinajstić information content (AvgIpc) is 2.63. The van der Waals surface area contributed by atoms with Crippen LogP contribution in [0.5, 0.6) is 0 Å². The van der Waals surface area contributed by atoms with Crippen molar-refractivity contribution in [3.8, 4) is 0 Å². The molecule has 108 valence electrons. The van der Waals surface area contributed by atoms with Crippen LogP contribution >= 0.6 is 0 Å². The van der Waals surface area contributed by atoms with Gasteiger partial charge in [0.05, 0.1) is 11.4 Å². The van der Waals surface area contributed by atoms with Gasteiger partial charge in [-0.2, -0.15) is 5.10 Å². The number of hydrogen-bond acceptors (Lipinski definition) is 4. The van der Waals surface area contributed by atoms with Gasteiger partial charge in [-0.3, -0.25) is 8.99 Å². The first kappa shape index (κ1) is 14.4. The third-order valence-electron chi connectivity index (χ3n) is 3.10. The fourth-order valence-electron chi connectivity index (χ4n) is 1.99. The van der Waals surface area contributed by atoms with E-state index in [9.17, 15) is 12.8 Å². The van der Waals surface area contributed by atoms with Crippen molar-refractivity contribution < 1.29 is 12.8 Å². The number of nitrogens with zero attached hydrogens (tertiary/aromatic N) is 4. The Bertz CT molecular complexity index is 755. The monoisotopic (exact) mass is 298 g/mol. The van der Waals surface area contributed by atoms with Crippen LogP contribution in [0.15, 0.2) is 23.2 Å². The fraction of sp³-hybridized carbons (Fsp3) is 0.333. The summed E-state index contributed by atoms with van der Waals surface area (Å²) in [6.45, 7) is 3.25. The lowest BCUT2D eigenvalue weighted by molar-refractivity contribution is 0.586. The molecule has 0 N–H and O–H groups in total. The highest BCUT2D eigenvalue weighted by Crippen LogP contribution is 2.26. The maximum absolute atomic E-state index is 13.7. The van der Waals surface area contributed by atoms with Crippen LogP contribution in [0.3, 0.4) is 0 Å². The summed E-state index contributed by atoms with van der Waals surface area (Å²) in [6.07, 6.45) is 1.34. The lowest BCUT2D eigenvalue weighted by Crippen LogP contribution is -2.29. The second-order valence-electron chi connectivity index (χ2n) is 4.40. The quantitative estimate of drug-likeness (QED) is 0.859. The summed E-state index contributed by atoms with van der Waals surface area (Å²) in [5.41, 5.74) is 0.860. The lowest BCUT2D eigenvalue weighted by Gasteiger charge is -2.18. The number of pyridine rings is 1. The van der Waals surface area contributed by atoms with Crippen molar-refractivity contribution in [1.29, 1.82) is 0 Å². The number of anilines is 1. The molecule has 2 heterocycles. The van der Waals surface area contributed by atoms with Crippen LogP contribution in [0.1, 0.15) is 11.4 Å². The molecule has 0 aliphatic rings. The van der Waals surface area contributed by atoms with Crippen LogP contribution in [-0.2, 0) is 17.1 Å². The van der Waals surface area contributed by atoms with E-state index in [1.54, 1.807) is 20.9 Å². The van der Waals surface area contributed by atoms with E-state index in [1.807, 2.05) is 0 Å². The molecule has 0 spiro atoms. The molecule has 0 unspecified atom stereocenters. The van der Waals surface area contributed by atoms with Crippen molar-refractivity contribution >= 4 is 15.8 Å². The number of aromatic nitrogens is 3. The van der Waals surface area contributed by atoms with Crippen molar-refractivity contribution in [2.75, 3.05) is 11.4 Å². The summed E-state index contributed by atoms with van der Waals surface area (Å²) in [7, 11) is -0.982. The zero-order valence-electron chi connectivity index (χ0n) is 11.6. The summed E-state index contributed by atoms with van der Waals surface area (Å²) in [4.78, 5) is 3.86. The third kappa shape index (κ3) is 2.15. The third-order valence-corrected chi connectivity index (χ3v) is 5.10. The number of sulfonamides is 1. The maximum atomic E-state index is 13.7. The van der Waals surface area contributed by atoms with Gasteiger partial charge in [-0.1, -0.05) is 0 Å². The van der Waals surface area contributed by atoms with Gasteiger partial charge in [0, 0.05) is 20.3 Å². The smallest absolute Gasteiger partial charge is 0.268 e. The highest BCUT2D eigenvalue weighted by Gasteiger charge is 2.30. The Labute approximate surface area is 116 Å². The van der Waals surface area contributed by atoms with Gasteiger partial charge in [0.25, 0.3) is 10.0 Å². The summed E-state index contributed by atoms with van der Waals surface area (Å²) >= 11 is 0. The zero-order chi connectivity index (χ0) is 15.1. The summed E-state index contributed by atoms with van der Waals surface area (Å²) in [6, 6.07) is 2.57. The molecule has 2 aromatic heterocycles. The van der Waals surface area contributed by atoms with E-state index in [0.717, 1.165) is 10.4 Å². The van der Waals surface area contributed by atoms with E-state index in [1.165, 1.54) is 24.0 Å². The Morgan fingerprint density at radius 3 is 2.50 bits per heavy atom. The molecular weight excluding hydrogens is 283 g/mol. The Kier molecular flexibility index (Phi) is 3.51. The van der Waals surface area contributed by atoms with Gasteiger partial charge in [-0.05, 0) is 26.0 Å². The Morgan fingerprint density at radius 2 is 2.00 bits per heavy atom. The molecule has 0 aliphatic heterocycles. The van der Waals surface area contributed by atoms with Crippen LogP contribution in [0.4, 0.5) is 10.2 Å². The first-order chi connectivity index (χ1) is 9.26. The van der Waals surface area contributed by atoms with Crippen molar-refractivity contribution in [2.45, 2.75) is 18.7 Å².